The van der Waals surface area contributed by atoms with Crippen molar-refractivity contribution in [2.45, 2.75) is 25.4 Å². The number of likely N-dealkylation sites (tertiary alicyclic amines) is 1. The van der Waals surface area contributed by atoms with Crippen molar-refractivity contribution >= 4 is 11.8 Å². The summed E-state index contributed by atoms with van der Waals surface area (Å²) >= 11 is 0. The number of nitrogens with zero attached hydrogens (tertiary/aromatic N) is 1. The van der Waals surface area contributed by atoms with Gasteiger partial charge in [0.1, 0.15) is 32.2 Å². The van der Waals surface area contributed by atoms with Crippen molar-refractivity contribution < 1.29 is 19.4 Å². The van der Waals surface area contributed by atoms with Gasteiger partial charge in [-0.05, 0) is 6.92 Å². The predicted molar refractivity (Wildman–Crippen MR) is 107 cm³/mol. The fourth-order valence-electron chi connectivity index (χ4n) is 4.82. The van der Waals surface area contributed by atoms with Crippen LogP contribution >= 0.6 is 0 Å². The Bertz CT molecular complexity index is 777. The van der Waals surface area contributed by atoms with Gasteiger partial charge in [-0.1, -0.05) is 60.7 Å². The highest BCUT2D eigenvalue weighted by Gasteiger charge is 2.46. The number of carbonyl (C=O) groups excluding carboxylic acids is 2. The van der Waals surface area contributed by atoms with Crippen LogP contribution in [0.25, 0.3) is 0 Å². The van der Waals surface area contributed by atoms with E-state index in [4.69, 9.17) is 0 Å². The van der Waals surface area contributed by atoms with Gasteiger partial charge in [0, 0.05) is 17.7 Å². The Balaban J connectivity index is 1.50. The molecule has 0 spiro atoms. The summed E-state index contributed by atoms with van der Waals surface area (Å²) in [6.07, 6.45) is 0.373. The molecule has 2 amide bonds. The normalized spacial score (nSPS) is 25.5. The van der Waals surface area contributed by atoms with Crippen LogP contribution in [0.2, 0.25) is 0 Å². The Hall–Kier alpha value is -2.50. The molecule has 2 aliphatic heterocycles. The first-order chi connectivity index (χ1) is 13.7. The minimum atomic E-state index is -0.180. The highest BCUT2D eigenvalue weighted by Crippen LogP contribution is 2.19. The van der Waals surface area contributed by atoms with E-state index in [1.165, 1.54) is 25.8 Å². The molecule has 2 aromatic carbocycles. The summed E-state index contributed by atoms with van der Waals surface area (Å²) in [5, 5.41) is 0. The van der Waals surface area contributed by atoms with Gasteiger partial charge < -0.3 is 9.80 Å². The van der Waals surface area contributed by atoms with E-state index in [9.17, 15) is 9.59 Å². The van der Waals surface area contributed by atoms with E-state index in [2.05, 4.69) is 60.7 Å². The Labute approximate surface area is 166 Å². The van der Waals surface area contributed by atoms with Crippen LogP contribution in [-0.2, 0) is 9.59 Å². The molecule has 5 nitrogen and oxygen atoms in total. The molecule has 4 rings (SSSR count). The lowest BCUT2D eigenvalue weighted by Crippen LogP contribution is -3.30. The van der Waals surface area contributed by atoms with Crippen molar-refractivity contribution in [3.05, 3.63) is 71.8 Å². The number of nitrogens with one attached hydrogen (secondary N) is 2. The molecular weight excluding hydrogens is 350 g/mol. The number of likely N-dealkylation sites (N-methyl/N-ethyl adjacent to an activating group) is 1. The number of hydrogen-bond acceptors (Lipinski definition) is 2. The number of carbonyl (C=O) groups is 2. The topological polar surface area (TPSA) is 46.3 Å². The predicted octanol–water partition coefficient (Wildman–Crippen LogP) is -0.293. The van der Waals surface area contributed by atoms with Crippen LogP contribution in [0.1, 0.15) is 30.5 Å². The van der Waals surface area contributed by atoms with Gasteiger partial charge in [-0.3, -0.25) is 14.5 Å². The lowest BCUT2D eigenvalue weighted by Gasteiger charge is -2.36. The van der Waals surface area contributed by atoms with E-state index in [-0.39, 0.29) is 17.9 Å². The second-order valence-corrected chi connectivity index (χ2v) is 7.80. The molecule has 0 aliphatic carbocycles. The van der Waals surface area contributed by atoms with Crippen LogP contribution < -0.4 is 9.80 Å². The van der Waals surface area contributed by atoms with Crippen molar-refractivity contribution in [2.24, 2.45) is 0 Å². The molecule has 2 aromatic rings. The zero-order valence-electron chi connectivity index (χ0n) is 16.4. The van der Waals surface area contributed by atoms with E-state index >= 15 is 0 Å². The van der Waals surface area contributed by atoms with Crippen LogP contribution in [0, 0.1) is 0 Å². The SMILES string of the molecule is CCN1C(=O)C[C@@H]([NH+]2CC[NH+](C(c3ccccc3)c3ccccc3)CC2)C1=O. The van der Waals surface area contributed by atoms with Crippen molar-refractivity contribution in [1.29, 1.82) is 0 Å². The molecule has 0 unspecified atom stereocenters. The van der Waals surface area contributed by atoms with Crippen LogP contribution in [0.4, 0.5) is 0 Å². The summed E-state index contributed by atoms with van der Waals surface area (Å²) in [4.78, 5) is 28.9. The molecule has 146 valence electrons. The van der Waals surface area contributed by atoms with E-state index in [0.29, 0.717) is 19.0 Å². The number of hydrogen-bond donors (Lipinski definition) is 2. The summed E-state index contributed by atoms with van der Waals surface area (Å²) in [6, 6.07) is 21.5. The maximum atomic E-state index is 12.6. The lowest BCUT2D eigenvalue weighted by atomic mass is 9.96. The minimum Gasteiger partial charge on any atom is -0.316 e. The second-order valence-electron chi connectivity index (χ2n) is 7.80. The standard InChI is InChI=1S/C23H27N3O2/c1-2-26-21(27)17-20(23(26)28)24-13-15-25(16-14-24)22(18-9-5-3-6-10-18)19-11-7-4-8-12-19/h3-12,20,22H,2,13-17H2,1H3/p+2/t20-/m1/s1. The van der Waals surface area contributed by atoms with Crippen LogP contribution in [0.15, 0.2) is 60.7 Å². The minimum absolute atomic E-state index is 0.00813. The fraction of sp³-hybridized carbons (Fsp3) is 0.391. The first-order valence-electron chi connectivity index (χ1n) is 10.3. The highest BCUT2D eigenvalue weighted by molar-refractivity contribution is 6.04. The summed E-state index contributed by atoms with van der Waals surface area (Å²) in [7, 11) is 0. The van der Waals surface area contributed by atoms with Crippen molar-refractivity contribution in [1.82, 2.24) is 4.90 Å². The van der Waals surface area contributed by atoms with Gasteiger partial charge in [0.05, 0.1) is 6.42 Å². The Morgan fingerprint density at radius 2 is 1.43 bits per heavy atom. The van der Waals surface area contributed by atoms with Gasteiger partial charge in [-0.15, -0.1) is 0 Å². The van der Waals surface area contributed by atoms with E-state index in [0.717, 1.165) is 26.2 Å². The van der Waals surface area contributed by atoms with Gasteiger partial charge in [-0.25, -0.2) is 0 Å². The lowest BCUT2D eigenvalue weighted by molar-refractivity contribution is -1.03. The molecule has 0 bridgehead atoms. The Morgan fingerprint density at radius 3 is 1.89 bits per heavy atom. The molecule has 2 saturated heterocycles. The van der Waals surface area contributed by atoms with E-state index in [1.807, 2.05) is 6.92 Å². The maximum absolute atomic E-state index is 12.6. The first-order valence-corrected chi connectivity index (χ1v) is 10.3. The quantitative estimate of drug-likeness (QED) is 0.702. The molecule has 2 fully saturated rings. The van der Waals surface area contributed by atoms with Crippen LogP contribution in [-0.4, -0.2) is 55.5 Å². The van der Waals surface area contributed by atoms with Gasteiger partial charge in [0.15, 0.2) is 6.04 Å². The summed E-state index contributed by atoms with van der Waals surface area (Å²) in [5.41, 5.74) is 2.66. The average molecular weight is 380 g/mol. The molecule has 0 radical (unpaired) electrons. The van der Waals surface area contributed by atoms with Gasteiger partial charge in [-0.2, -0.15) is 0 Å². The highest BCUT2D eigenvalue weighted by atomic mass is 16.2. The largest absolute Gasteiger partial charge is 0.316 e. The Morgan fingerprint density at radius 1 is 0.893 bits per heavy atom. The first kappa shape index (κ1) is 18.8. The molecule has 2 aliphatic rings. The molecule has 28 heavy (non-hydrogen) atoms. The summed E-state index contributed by atoms with van der Waals surface area (Å²) in [5.74, 6) is 0.0137. The Kier molecular flexibility index (Phi) is 5.55. The van der Waals surface area contributed by atoms with E-state index < -0.39 is 0 Å². The van der Waals surface area contributed by atoms with Crippen molar-refractivity contribution in [3.8, 4) is 0 Å². The molecule has 1 atom stereocenters. The van der Waals surface area contributed by atoms with Gasteiger partial charge in [0.2, 0.25) is 5.91 Å². The number of benzene rings is 2. The zero-order valence-corrected chi connectivity index (χ0v) is 16.4. The van der Waals surface area contributed by atoms with E-state index in [1.54, 1.807) is 0 Å². The third-order valence-corrected chi connectivity index (χ3v) is 6.26. The number of imide groups is 1. The third kappa shape index (κ3) is 3.60. The van der Waals surface area contributed by atoms with Crippen molar-refractivity contribution in [3.63, 3.8) is 0 Å². The third-order valence-electron chi connectivity index (χ3n) is 6.26. The fourth-order valence-corrected chi connectivity index (χ4v) is 4.82. The summed E-state index contributed by atoms with van der Waals surface area (Å²) < 4.78 is 0. The zero-order chi connectivity index (χ0) is 19.5. The monoisotopic (exact) mass is 379 g/mol. The smallest absolute Gasteiger partial charge is 0.288 e. The average Bonchev–Trinajstić information content (AvgIpc) is 3.03. The number of amides is 2. The number of piperazine rings is 1. The van der Waals surface area contributed by atoms with Crippen LogP contribution in [0.3, 0.4) is 0 Å². The molecule has 2 heterocycles. The second kappa shape index (κ2) is 8.25. The number of quaternary nitrogens is 2. The molecular formula is C23H29N3O2+2. The van der Waals surface area contributed by atoms with Gasteiger partial charge in [0.25, 0.3) is 5.91 Å². The maximum Gasteiger partial charge on any atom is 0.288 e. The molecule has 0 aromatic heterocycles. The van der Waals surface area contributed by atoms with Gasteiger partial charge >= 0.3 is 0 Å². The molecule has 5 heteroatoms. The van der Waals surface area contributed by atoms with Crippen LogP contribution in [0.5, 0.6) is 0 Å². The van der Waals surface area contributed by atoms with Crippen molar-refractivity contribution in [2.75, 3.05) is 32.7 Å². The summed E-state index contributed by atoms with van der Waals surface area (Å²) in [6.45, 7) is 6.20. The molecule has 2 N–H and O–H groups in total. The number of rotatable bonds is 5. The molecule has 0 saturated carbocycles.